The van der Waals surface area contributed by atoms with Crippen LogP contribution in [0.4, 0.5) is 0 Å². The summed E-state index contributed by atoms with van der Waals surface area (Å²) in [5, 5.41) is 0. The molecule has 0 unspecified atom stereocenters. The zero-order chi connectivity index (χ0) is 18.6. The van der Waals surface area contributed by atoms with Gasteiger partial charge in [0, 0.05) is 38.7 Å². The van der Waals surface area contributed by atoms with Gasteiger partial charge in [-0.2, -0.15) is 0 Å². The molecule has 0 N–H and O–H groups in total. The first kappa shape index (κ1) is 18.8. The second kappa shape index (κ2) is 8.13. The van der Waals surface area contributed by atoms with Crippen LogP contribution in [0.3, 0.4) is 0 Å². The van der Waals surface area contributed by atoms with E-state index in [1.54, 1.807) is 18.5 Å². The quantitative estimate of drug-likeness (QED) is 0.676. The minimum atomic E-state index is -3.51. The molecule has 3 heterocycles. The van der Waals surface area contributed by atoms with Gasteiger partial charge in [-0.15, -0.1) is 0 Å². The first-order valence-corrected chi connectivity index (χ1v) is 10.4. The number of ether oxygens (including phenoxy) is 1. The van der Waals surface area contributed by atoms with Crippen LogP contribution >= 0.6 is 0 Å². The second-order valence-corrected chi connectivity index (χ2v) is 8.60. The highest BCUT2D eigenvalue weighted by atomic mass is 32.2. The van der Waals surface area contributed by atoms with Gasteiger partial charge in [0.05, 0.1) is 11.9 Å². The molecule has 0 aromatic carbocycles. The largest absolute Gasteiger partial charge is 0.489 e. The van der Waals surface area contributed by atoms with Gasteiger partial charge < -0.3 is 4.74 Å². The van der Waals surface area contributed by atoms with Gasteiger partial charge >= 0.3 is 0 Å². The Morgan fingerprint density at radius 2 is 1.85 bits per heavy atom. The molecule has 1 aromatic heterocycles. The number of sulfonamides is 1. The Morgan fingerprint density at radius 3 is 2.46 bits per heavy atom. The van der Waals surface area contributed by atoms with Crippen molar-refractivity contribution in [2.45, 2.75) is 38.2 Å². The molecule has 0 bridgehead atoms. The van der Waals surface area contributed by atoms with Crippen molar-refractivity contribution >= 4 is 21.8 Å². The summed E-state index contributed by atoms with van der Waals surface area (Å²) < 4.78 is 32.3. The molecule has 26 heavy (non-hydrogen) atoms. The number of pyridine rings is 1. The standard InChI is InChI=1S/C17H23N3O5S/c21-16-4-1-5-17(22)20(16)11-12-26(23,24)19-9-6-14(7-10-19)25-15-3-2-8-18-13-15/h2-3,8,13-14H,1,4-7,9-12H2. The van der Waals surface area contributed by atoms with Gasteiger partial charge in [-0.1, -0.05) is 0 Å². The van der Waals surface area contributed by atoms with Crippen LogP contribution in [-0.2, 0) is 19.6 Å². The third-order valence-electron chi connectivity index (χ3n) is 4.69. The summed E-state index contributed by atoms with van der Waals surface area (Å²) in [6, 6.07) is 3.61. The fourth-order valence-corrected chi connectivity index (χ4v) is 4.66. The summed E-state index contributed by atoms with van der Waals surface area (Å²) in [5.74, 6) is -0.102. The summed E-state index contributed by atoms with van der Waals surface area (Å²) in [6.07, 6.45) is 5.61. The highest BCUT2D eigenvalue weighted by Crippen LogP contribution is 2.20. The van der Waals surface area contributed by atoms with E-state index in [-0.39, 0.29) is 30.2 Å². The molecule has 9 heteroatoms. The van der Waals surface area contributed by atoms with Gasteiger partial charge in [-0.25, -0.2) is 12.7 Å². The molecule has 0 saturated carbocycles. The smallest absolute Gasteiger partial charge is 0.229 e. The van der Waals surface area contributed by atoms with E-state index in [0.29, 0.717) is 50.9 Å². The monoisotopic (exact) mass is 381 g/mol. The van der Waals surface area contributed by atoms with Crippen molar-refractivity contribution in [2.24, 2.45) is 0 Å². The maximum absolute atomic E-state index is 12.5. The van der Waals surface area contributed by atoms with E-state index in [0.717, 1.165) is 4.90 Å². The lowest BCUT2D eigenvalue weighted by Gasteiger charge is -2.32. The Bertz CT molecular complexity index is 729. The normalized spacial score (nSPS) is 20.4. The van der Waals surface area contributed by atoms with E-state index in [2.05, 4.69) is 4.98 Å². The molecular formula is C17H23N3O5S. The second-order valence-electron chi connectivity index (χ2n) is 6.51. The first-order valence-electron chi connectivity index (χ1n) is 8.83. The van der Waals surface area contributed by atoms with Gasteiger partial charge in [0.2, 0.25) is 21.8 Å². The summed E-state index contributed by atoms with van der Waals surface area (Å²) in [4.78, 5) is 28.7. The highest BCUT2D eigenvalue weighted by Gasteiger charge is 2.32. The number of rotatable bonds is 6. The number of nitrogens with zero attached hydrogens (tertiary/aromatic N) is 3. The molecule has 0 aliphatic carbocycles. The molecule has 0 spiro atoms. The zero-order valence-corrected chi connectivity index (χ0v) is 15.4. The van der Waals surface area contributed by atoms with Gasteiger partial charge in [-0.05, 0) is 31.4 Å². The Hall–Kier alpha value is -2.00. The number of imide groups is 1. The maximum atomic E-state index is 12.5. The van der Waals surface area contributed by atoms with Crippen molar-refractivity contribution in [1.29, 1.82) is 0 Å². The number of hydrogen-bond acceptors (Lipinski definition) is 6. The van der Waals surface area contributed by atoms with Crippen molar-refractivity contribution in [2.75, 3.05) is 25.4 Å². The number of carbonyl (C=O) groups excluding carboxylic acids is 2. The third-order valence-corrected chi connectivity index (χ3v) is 6.54. The first-order chi connectivity index (χ1) is 12.5. The minimum absolute atomic E-state index is 0.0455. The van der Waals surface area contributed by atoms with Crippen molar-refractivity contribution in [3.63, 3.8) is 0 Å². The number of hydrogen-bond donors (Lipinski definition) is 0. The minimum Gasteiger partial charge on any atom is -0.489 e. The van der Waals surface area contributed by atoms with Crippen LogP contribution < -0.4 is 4.74 Å². The molecule has 2 aliphatic rings. The molecule has 2 amide bonds. The van der Waals surface area contributed by atoms with Crippen molar-refractivity contribution < 1.29 is 22.7 Å². The molecule has 8 nitrogen and oxygen atoms in total. The highest BCUT2D eigenvalue weighted by molar-refractivity contribution is 7.89. The molecule has 142 valence electrons. The van der Waals surface area contributed by atoms with Gasteiger partial charge in [0.1, 0.15) is 11.9 Å². The summed E-state index contributed by atoms with van der Waals surface area (Å²) >= 11 is 0. The molecule has 3 rings (SSSR count). The molecule has 2 saturated heterocycles. The number of amides is 2. The van der Waals surface area contributed by atoms with E-state index in [1.165, 1.54) is 4.31 Å². The van der Waals surface area contributed by atoms with E-state index in [9.17, 15) is 18.0 Å². The van der Waals surface area contributed by atoms with Gasteiger partial charge in [0.15, 0.2) is 0 Å². The van der Waals surface area contributed by atoms with Gasteiger partial charge in [-0.3, -0.25) is 19.5 Å². The number of aromatic nitrogens is 1. The van der Waals surface area contributed by atoms with Crippen molar-refractivity contribution in [3.05, 3.63) is 24.5 Å². The van der Waals surface area contributed by atoms with Crippen molar-refractivity contribution in [3.8, 4) is 5.75 Å². The lowest BCUT2D eigenvalue weighted by atomic mass is 10.1. The van der Waals surface area contributed by atoms with E-state index < -0.39 is 10.0 Å². The third kappa shape index (κ3) is 4.59. The van der Waals surface area contributed by atoms with Crippen LogP contribution in [0.25, 0.3) is 0 Å². The molecule has 1 aromatic rings. The average Bonchev–Trinajstić information content (AvgIpc) is 2.63. The molecule has 0 radical (unpaired) electrons. The predicted molar refractivity (Wildman–Crippen MR) is 93.8 cm³/mol. The summed E-state index contributed by atoms with van der Waals surface area (Å²) in [7, 11) is -3.51. The Labute approximate surface area is 153 Å². The van der Waals surface area contributed by atoms with E-state index in [1.807, 2.05) is 6.07 Å². The van der Waals surface area contributed by atoms with E-state index >= 15 is 0 Å². The SMILES string of the molecule is O=C1CCCC(=O)N1CCS(=O)(=O)N1CCC(Oc2cccnc2)CC1. The van der Waals surface area contributed by atoms with Crippen LogP contribution in [0.15, 0.2) is 24.5 Å². The van der Waals surface area contributed by atoms with Crippen LogP contribution in [0.2, 0.25) is 0 Å². The molecule has 2 aliphatic heterocycles. The zero-order valence-electron chi connectivity index (χ0n) is 14.5. The van der Waals surface area contributed by atoms with Crippen molar-refractivity contribution in [1.82, 2.24) is 14.2 Å². The van der Waals surface area contributed by atoms with Crippen LogP contribution in [-0.4, -0.2) is 65.9 Å². The lowest BCUT2D eigenvalue weighted by molar-refractivity contribution is -0.147. The topological polar surface area (TPSA) is 96.9 Å². The van der Waals surface area contributed by atoms with Gasteiger partial charge in [0.25, 0.3) is 0 Å². The lowest BCUT2D eigenvalue weighted by Crippen LogP contribution is -2.47. The number of carbonyl (C=O) groups is 2. The fraction of sp³-hybridized carbons (Fsp3) is 0.588. The van der Waals surface area contributed by atoms with E-state index in [4.69, 9.17) is 4.74 Å². The summed E-state index contributed by atoms with van der Waals surface area (Å²) in [6.45, 7) is 0.677. The molecule has 0 atom stereocenters. The number of piperidine rings is 2. The number of likely N-dealkylation sites (tertiary alicyclic amines) is 1. The predicted octanol–water partition coefficient (Wildman–Crippen LogP) is 0.794. The van der Waals surface area contributed by atoms with Crippen LogP contribution in [0.5, 0.6) is 5.75 Å². The molecular weight excluding hydrogens is 358 g/mol. The summed E-state index contributed by atoms with van der Waals surface area (Å²) in [5.41, 5.74) is 0. The Balaban J connectivity index is 1.49. The maximum Gasteiger partial charge on any atom is 0.229 e. The average molecular weight is 381 g/mol. The molecule has 2 fully saturated rings. The Morgan fingerprint density at radius 1 is 1.15 bits per heavy atom. The fourth-order valence-electron chi connectivity index (χ4n) is 3.22. The Kier molecular flexibility index (Phi) is 5.87. The van der Waals surface area contributed by atoms with Crippen LogP contribution in [0.1, 0.15) is 32.1 Å². The van der Waals surface area contributed by atoms with Crippen LogP contribution in [0, 0.1) is 0 Å².